The van der Waals surface area contributed by atoms with Crippen molar-refractivity contribution < 1.29 is 26.4 Å². The summed E-state index contributed by atoms with van der Waals surface area (Å²) < 4.78 is 58.5. The molecule has 4 rings (SSSR count). The van der Waals surface area contributed by atoms with Crippen molar-refractivity contribution >= 4 is 31.6 Å². The fourth-order valence-corrected chi connectivity index (χ4v) is 6.93. The number of carbonyl (C=O) groups is 1. The summed E-state index contributed by atoms with van der Waals surface area (Å²) in [6.07, 6.45) is 3.75. The molecule has 2 aliphatic rings. The maximum atomic E-state index is 13.0. The van der Waals surface area contributed by atoms with Crippen molar-refractivity contribution in [3.63, 3.8) is 0 Å². The van der Waals surface area contributed by atoms with Crippen LogP contribution in [-0.2, 0) is 36.0 Å². The van der Waals surface area contributed by atoms with Gasteiger partial charge in [-0.25, -0.2) is 16.8 Å². The summed E-state index contributed by atoms with van der Waals surface area (Å²) in [6.45, 7) is 2.08. The van der Waals surface area contributed by atoms with Crippen molar-refractivity contribution in [2.75, 3.05) is 56.5 Å². The van der Waals surface area contributed by atoms with Crippen LogP contribution in [0.5, 0.6) is 0 Å². The SMILES string of the molecule is CS(=O)(=O)N(CC(=O)N1CCC(Cc2ccccc2)CC1)c1ccc(S(=O)(=O)N2CCOCC2)cc1. The monoisotopic (exact) mass is 535 g/mol. The molecule has 0 aliphatic carbocycles. The minimum atomic E-state index is -3.76. The standard InChI is InChI=1S/C25H33N3O6S2/c1-35(30,31)28(23-7-9-24(10-8-23)36(32,33)27-15-17-34-18-16-27)20-25(29)26-13-11-22(12-14-26)19-21-5-3-2-4-6-21/h2-10,22H,11-20H2,1H3. The average molecular weight is 536 g/mol. The molecule has 2 saturated heterocycles. The lowest BCUT2D eigenvalue weighted by Crippen LogP contribution is -2.46. The van der Waals surface area contributed by atoms with Crippen molar-refractivity contribution in [2.24, 2.45) is 5.92 Å². The van der Waals surface area contributed by atoms with E-state index >= 15 is 0 Å². The van der Waals surface area contributed by atoms with Crippen LogP contribution in [0.3, 0.4) is 0 Å². The Hall–Kier alpha value is -2.47. The number of sulfonamides is 2. The predicted octanol–water partition coefficient (Wildman–Crippen LogP) is 1.95. The molecule has 2 aromatic carbocycles. The summed E-state index contributed by atoms with van der Waals surface area (Å²) in [5, 5.41) is 0. The fourth-order valence-electron chi connectivity index (χ4n) is 4.68. The Labute approximate surface area is 213 Å². The first-order chi connectivity index (χ1) is 17.1. The second-order valence-electron chi connectivity index (χ2n) is 9.29. The van der Waals surface area contributed by atoms with Gasteiger partial charge in [0.1, 0.15) is 6.54 Å². The van der Waals surface area contributed by atoms with Crippen LogP contribution in [0, 0.1) is 5.92 Å². The second-order valence-corrected chi connectivity index (χ2v) is 13.1. The predicted molar refractivity (Wildman–Crippen MR) is 138 cm³/mol. The highest BCUT2D eigenvalue weighted by Crippen LogP contribution is 2.25. The number of anilines is 1. The molecule has 0 atom stereocenters. The Kier molecular flexibility index (Phi) is 8.34. The lowest BCUT2D eigenvalue weighted by Gasteiger charge is -2.33. The van der Waals surface area contributed by atoms with Gasteiger partial charge in [-0.05, 0) is 55.0 Å². The van der Waals surface area contributed by atoms with Crippen LogP contribution in [0.15, 0.2) is 59.5 Å². The van der Waals surface area contributed by atoms with Crippen LogP contribution in [-0.4, -0.2) is 84.1 Å². The highest BCUT2D eigenvalue weighted by atomic mass is 32.2. The summed E-state index contributed by atoms with van der Waals surface area (Å²) in [6, 6.07) is 15.9. The normalized spacial score (nSPS) is 18.2. The number of carbonyl (C=O) groups excluding carboxylic acids is 1. The highest BCUT2D eigenvalue weighted by molar-refractivity contribution is 7.92. The zero-order valence-electron chi connectivity index (χ0n) is 20.5. The zero-order chi connectivity index (χ0) is 25.8. The molecule has 0 radical (unpaired) electrons. The van der Waals surface area contributed by atoms with E-state index in [-0.39, 0.29) is 36.1 Å². The van der Waals surface area contributed by atoms with Crippen LogP contribution in [0.4, 0.5) is 5.69 Å². The molecule has 1 amide bonds. The summed E-state index contributed by atoms with van der Waals surface area (Å²) in [4.78, 5) is 14.8. The zero-order valence-corrected chi connectivity index (χ0v) is 22.1. The Morgan fingerprint density at radius 3 is 2.11 bits per heavy atom. The molecule has 196 valence electrons. The number of amides is 1. The quantitative estimate of drug-likeness (QED) is 0.512. The lowest BCUT2D eigenvalue weighted by atomic mass is 9.90. The van der Waals surface area contributed by atoms with Gasteiger partial charge in [-0.1, -0.05) is 30.3 Å². The van der Waals surface area contributed by atoms with Crippen LogP contribution < -0.4 is 4.31 Å². The fraction of sp³-hybridized carbons (Fsp3) is 0.480. The van der Waals surface area contributed by atoms with Gasteiger partial charge in [0, 0.05) is 26.2 Å². The molecule has 2 fully saturated rings. The maximum absolute atomic E-state index is 13.0. The van der Waals surface area contributed by atoms with E-state index in [0.717, 1.165) is 29.8 Å². The first-order valence-corrected chi connectivity index (χ1v) is 15.4. The van der Waals surface area contributed by atoms with Crippen molar-refractivity contribution in [2.45, 2.75) is 24.2 Å². The second kappa shape index (κ2) is 11.3. The minimum Gasteiger partial charge on any atom is -0.379 e. The van der Waals surface area contributed by atoms with Crippen LogP contribution >= 0.6 is 0 Å². The molecule has 2 heterocycles. The average Bonchev–Trinajstić information content (AvgIpc) is 2.88. The minimum absolute atomic E-state index is 0.0772. The van der Waals surface area contributed by atoms with Gasteiger partial charge in [-0.2, -0.15) is 4.31 Å². The number of nitrogens with zero attached hydrogens (tertiary/aromatic N) is 3. The summed E-state index contributed by atoms with van der Waals surface area (Å²) >= 11 is 0. The number of hydrogen-bond donors (Lipinski definition) is 0. The van der Waals surface area contributed by atoms with Gasteiger partial charge < -0.3 is 9.64 Å². The number of morpholine rings is 1. The third-order valence-electron chi connectivity index (χ3n) is 6.75. The molecule has 36 heavy (non-hydrogen) atoms. The van der Waals surface area contributed by atoms with E-state index in [1.807, 2.05) is 18.2 Å². The molecule has 9 nitrogen and oxygen atoms in total. The Bertz CT molecular complexity index is 1240. The van der Waals surface area contributed by atoms with Crippen LogP contribution in [0.25, 0.3) is 0 Å². The van der Waals surface area contributed by atoms with E-state index in [2.05, 4.69) is 12.1 Å². The number of likely N-dealkylation sites (tertiary alicyclic amines) is 1. The van der Waals surface area contributed by atoms with Gasteiger partial charge in [0.15, 0.2) is 0 Å². The van der Waals surface area contributed by atoms with Crippen molar-refractivity contribution in [1.29, 1.82) is 0 Å². The van der Waals surface area contributed by atoms with Gasteiger partial charge in [0.2, 0.25) is 26.0 Å². The molecule has 2 aromatic rings. The van der Waals surface area contributed by atoms with E-state index in [9.17, 15) is 21.6 Å². The Morgan fingerprint density at radius 1 is 0.917 bits per heavy atom. The summed E-state index contributed by atoms with van der Waals surface area (Å²) in [7, 11) is -7.46. The van der Waals surface area contributed by atoms with E-state index in [4.69, 9.17) is 4.74 Å². The molecule has 0 spiro atoms. The Morgan fingerprint density at radius 2 is 1.53 bits per heavy atom. The molecular weight excluding hydrogens is 502 g/mol. The van der Waals surface area contributed by atoms with E-state index in [1.165, 1.54) is 34.1 Å². The maximum Gasteiger partial charge on any atom is 0.243 e. The third kappa shape index (κ3) is 6.44. The number of benzene rings is 2. The first-order valence-electron chi connectivity index (χ1n) is 12.1. The number of piperidine rings is 1. The van der Waals surface area contributed by atoms with Crippen LogP contribution in [0.1, 0.15) is 18.4 Å². The van der Waals surface area contributed by atoms with Gasteiger partial charge in [-0.3, -0.25) is 9.10 Å². The smallest absolute Gasteiger partial charge is 0.243 e. The molecule has 0 saturated carbocycles. The van der Waals surface area contributed by atoms with Crippen molar-refractivity contribution in [3.05, 3.63) is 60.2 Å². The third-order valence-corrected chi connectivity index (χ3v) is 9.80. The summed E-state index contributed by atoms with van der Waals surface area (Å²) in [5.74, 6) is 0.229. The van der Waals surface area contributed by atoms with Gasteiger partial charge in [0.25, 0.3) is 0 Å². The summed E-state index contributed by atoms with van der Waals surface area (Å²) in [5.41, 5.74) is 1.54. The van der Waals surface area contributed by atoms with Gasteiger partial charge >= 0.3 is 0 Å². The molecule has 2 aliphatic heterocycles. The number of hydrogen-bond acceptors (Lipinski definition) is 6. The first kappa shape index (κ1) is 26.6. The highest BCUT2D eigenvalue weighted by Gasteiger charge is 2.29. The van der Waals surface area contributed by atoms with E-state index < -0.39 is 20.0 Å². The molecule has 11 heteroatoms. The number of rotatable bonds is 8. The Balaban J connectivity index is 1.40. The molecule has 0 bridgehead atoms. The van der Waals surface area contributed by atoms with Gasteiger partial charge in [-0.15, -0.1) is 0 Å². The van der Waals surface area contributed by atoms with E-state index in [0.29, 0.717) is 32.2 Å². The molecular formula is C25H33N3O6S2. The molecule has 0 unspecified atom stereocenters. The van der Waals surface area contributed by atoms with Gasteiger partial charge in [0.05, 0.1) is 30.1 Å². The van der Waals surface area contributed by atoms with Crippen molar-refractivity contribution in [1.82, 2.24) is 9.21 Å². The van der Waals surface area contributed by atoms with Crippen molar-refractivity contribution in [3.8, 4) is 0 Å². The lowest BCUT2D eigenvalue weighted by molar-refractivity contribution is -0.130. The molecule has 0 N–H and O–H groups in total. The van der Waals surface area contributed by atoms with Crippen LogP contribution in [0.2, 0.25) is 0 Å². The van der Waals surface area contributed by atoms with E-state index in [1.54, 1.807) is 4.90 Å². The molecule has 0 aromatic heterocycles. The topological polar surface area (TPSA) is 104 Å². The number of ether oxygens (including phenoxy) is 1. The largest absolute Gasteiger partial charge is 0.379 e.